The fourth-order valence-electron chi connectivity index (χ4n) is 2.05. The number of carbonyl (C=O) groups excluding carboxylic acids is 1. The van der Waals surface area contributed by atoms with Crippen LogP contribution in [0.15, 0.2) is 6.20 Å². The van der Waals surface area contributed by atoms with Gasteiger partial charge in [0.2, 0.25) is 5.91 Å². The van der Waals surface area contributed by atoms with E-state index in [4.69, 9.17) is 5.11 Å². The van der Waals surface area contributed by atoms with Gasteiger partial charge in [-0.2, -0.15) is 5.10 Å². The zero-order chi connectivity index (χ0) is 13.1. The van der Waals surface area contributed by atoms with E-state index in [1.54, 1.807) is 7.05 Å². The van der Waals surface area contributed by atoms with E-state index in [-0.39, 0.29) is 23.2 Å². The Bertz CT molecular complexity index is 463. The fourth-order valence-corrected chi connectivity index (χ4v) is 2.05. The maximum absolute atomic E-state index is 12.0. The largest absolute Gasteiger partial charge is 0.477 e. The van der Waals surface area contributed by atoms with Gasteiger partial charge in [0, 0.05) is 13.0 Å². The number of nitrogens with zero attached hydrogens (tertiary/aromatic N) is 2. The monoisotopic (exact) mass is 252 g/mol. The van der Waals surface area contributed by atoms with Crippen LogP contribution in [-0.2, 0) is 11.8 Å². The summed E-state index contributed by atoms with van der Waals surface area (Å²) < 4.78 is 1.36. The van der Waals surface area contributed by atoms with Crippen LogP contribution >= 0.6 is 0 Å². The number of hydrogen-bond acceptors (Lipinski definition) is 4. The first kappa shape index (κ1) is 12.6. The number of aryl methyl sites for hydroxylation is 1. The first-order valence-electron chi connectivity index (χ1n) is 5.86. The predicted molar refractivity (Wildman–Crippen MR) is 64.4 cm³/mol. The SMILES string of the molecule is Cn1ncc(C(=O)O)c1NC(=O)C1CCNCC1. The summed E-state index contributed by atoms with van der Waals surface area (Å²) in [5.74, 6) is -1.06. The summed E-state index contributed by atoms with van der Waals surface area (Å²) in [6.07, 6.45) is 2.78. The molecule has 1 aromatic heterocycles. The van der Waals surface area contributed by atoms with Crippen LogP contribution in [0.1, 0.15) is 23.2 Å². The van der Waals surface area contributed by atoms with E-state index in [9.17, 15) is 9.59 Å². The number of rotatable bonds is 3. The molecule has 0 aromatic carbocycles. The first-order valence-corrected chi connectivity index (χ1v) is 5.86. The number of nitrogens with one attached hydrogen (secondary N) is 2. The Balaban J connectivity index is 2.10. The lowest BCUT2D eigenvalue weighted by atomic mass is 9.97. The highest BCUT2D eigenvalue weighted by Crippen LogP contribution is 2.18. The van der Waals surface area contributed by atoms with Crippen molar-refractivity contribution < 1.29 is 14.7 Å². The Labute approximate surface area is 104 Å². The van der Waals surface area contributed by atoms with Gasteiger partial charge in [-0.25, -0.2) is 4.79 Å². The van der Waals surface area contributed by atoms with Gasteiger partial charge in [0.1, 0.15) is 11.4 Å². The molecule has 0 atom stereocenters. The van der Waals surface area contributed by atoms with Gasteiger partial charge in [0.15, 0.2) is 0 Å². The van der Waals surface area contributed by atoms with Crippen LogP contribution in [0, 0.1) is 5.92 Å². The molecule has 2 rings (SSSR count). The lowest BCUT2D eigenvalue weighted by Crippen LogP contribution is -2.35. The number of aromatic nitrogens is 2. The quantitative estimate of drug-likeness (QED) is 0.706. The van der Waals surface area contributed by atoms with Gasteiger partial charge < -0.3 is 15.7 Å². The summed E-state index contributed by atoms with van der Waals surface area (Å²) in [7, 11) is 1.60. The predicted octanol–water partition coefficient (Wildman–Crippen LogP) is 0.0564. The summed E-state index contributed by atoms with van der Waals surface area (Å²) in [6.45, 7) is 1.63. The van der Waals surface area contributed by atoms with Crippen LogP contribution in [0.5, 0.6) is 0 Å². The molecule has 1 amide bonds. The second-order valence-corrected chi connectivity index (χ2v) is 4.35. The molecule has 0 bridgehead atoms. The molecule has 0 aliphatic carbocycles. The Morgan fingerprint density at radius 2 is 2.17 bits per heavy atom. The highest BCUT2D eigenvalue weighted by molar-refractivity contribution is 6.00. The lowest BCUT2D eigenvalue weighted by molar-refractivity contribution is -0.120. The van der Waals surface area contributed by atoms with Crippen molar-refractivity contribution in [1.82, 2.24) is 15.1 Å². The summed E-state index contributed by atoms with van der Waals surface area (Å²) in [5.41, 5.74) is 0.0137. The Morgan fingerprint density at radius 3 is 2.78 bits per heavy atom. The number of amides is 1. The van der Waals surface area contributed by atoms with Crippen LogP contribution in [0.2, 0.25) is 0 Å². The second kappa shape index (κ2) is 5.18. The molecule has 0 unspecified atom stereocenters. The number of carboxylic acid groups (broad SMARTS) is 1. The minimum absolute atomic E-state index is 0.0137. The first-order chi connectivity index (χ1) is 8.59. The zero-order valence-electron chi connectivity index (χ0n) is 10.1. The average Bonchev–Trinajstić information content (AvgIpc) is 2.72. The van der Waals surface area contributed by atoms with E-state index in [0.717, 1.165) is 25.9 Å². The lowest BCUT2D eigenvalue weighted by Gasteiger charge is -2.21. The molecular formula is C11H16N4O3. The molecule has 1 aromatic rings. The van der Waals surface area contributed by atoms with Gasteiger partial charge in [-0.05, 0) is 25.9 Å². The van der Waals surface area contributed by atoms with Gasteiger partial charge in [0.05, 0.1) is 6.20 Å². The molecule has 0 spiro atoms. The standard InChI is InChI=1S/C11H16N4O3/c1-15-9(8(6-13-15)11(17)18)14-10(16)7-2-4-12-5-3-7/h6-7,12H,2-5H2,1H3,(H,14,16)(H,17,18). The minimum Gasteiger partial charge on any atom is -0.477 e. The number of anilines is 1. The van der Waals surface area contributed by atoms with Crippen LogP contribution in [0.4, 0.5) is 5.82 Å². The minimum atomic E-state index is -1.09. The van der Waals surface area contributed by atoms with E-state index in [1.165, 1.54) is 10.9 Å². The van der Waals surface area contributed by atoms with E-state index in [0.29, 0.717) is 0 Å². The van der Waals surface area contributed by atoms with E-state index >= 15 is 0 Å². The van der Waals surface area contributed by atoms with Gasteiger partial charge in [-0.15, -0.1) is 0 Å². The molecule has 3 N–H and O–H groups in total. The normalized spacial score (nSPS) is 16.5. The molecule has 7 heteroatoms. The topological polar surface area (TPSA) is 96.2 Å². The van der Waals surface area contributed by atoms with Crippen molar-refractivity contribution in [3.05, 3.63) is 11.8 Å². The molecule has 1 fully saturated rings. The maximum Gasteiger partial charge on any atom is 0.341 e. The summed E-state index contributed by atoms with van der Waals surface area (Å²) >= 11 is 0. The van der Waals surface area contributed by atoms with Crippen molar-refractivity contribution in [1.29, 1.82) is 0 Å². The van der Waals surface area contributed by atoms with Crippen molar-refractivity contribution in [2.75, 3.05) is 18.4 Å². The molecule has 0 saturated carbocycles. The van der Waals surface area contributed by atoms with E-state index < -0.39 is 5.97 Å². The summed E-state index contributed by atoms with van der Waals surface area (Å²) in [6, 6.07) is 0. The van der Waals surface area contributed by atoms with Crippen molar-refractivity contribution >= 4 is 17.7 Å². The highest BCUT2D eigenvalue weighted by atomic mass is 16.4. The average molecular weight is 252 g/mol. The van der Waals surface area contributed by atoms with Crippen LogP contribution < -0.4 is 10.6 Å². The Morgan fingerprint density at radius 1 is 1.50 bits per heavy atom. The molecule has 7 nitrogen and oxygen atoms in total. The molecule has 18 heavy (non-hydrogen) atoms. The molecule has 98 valence electrons. The molecule has 1 aliphatic heterocycles. The van der Waals surface area contributed by atoms with Gasteiger partial charge in [-0.3, -0.25) is 9.48 Å². The smallest absolute Gasteiger partial charge is 0.341 e. The van der Waals surface area contributed by atoms with E-state index in [2.05, 4.69) is 15.7 Å². The Hall–Kier alpha value is -1.89. The van der Waals surface area contributed by atoms with Crippen LogP contribution in [0.25, 0.3) is 0 Å². The number of aromatic carboxylic acids is 1. The summed E-state index contributed by atoms with van der Waals surface area (Å²) in [5, 5.41) is 18.7. The Kier molecular flexibility index (Phi) is 3.61. The second-order valence-electron chi connectivity index (χ2n) is 4.35. The third-order valence-electron chi connectivity index (χ3n) is 3.12. The number of carbonyl (C=O) groups is 2. The van der Waals surface area contributed by atoms with Crippen LogP contribution in [-0.4, -0.2) is 39.9 Å². The summed E-state index contributed by atoms with van der Waals surface area (Å²) in [4.78, 5) is 23.0. The number of hydrogen-bond donors (Lipinski definition) is 3. The molecular weight excluding hydrogens is 236 g/mol. The molecule has 0 radical (unpaired) electrons. The van der Waals surface area contributed by atoms with Gasteiger partial charge in [-0.1, -0.05) is 0 Å². The molecule has 1 saturated heterocycles. The van der Waals surface area contributed by atoms with Crippen molar-refractivity contribution in [3.63, 3.8) is 0 Å². The van der Waals surface area contributed by atoms with Gasteiger partial charge >= 0.3 is 5.97 Å². The fraction of sp³-hybridized carbons (Fsp3) is 0.545. The molecule has 2 heterocycles. The third kappa shape index (κ3) is 2.51. The van der Waals surface area contributed by atoms with Crippen molar-refractivity contribution in [2.45, 2.75) is 12.8 Å². The van der Waals surface area contributed by atoms with Gasteiger partial charge in [0.25, 0.3) is 0 Å². The highest BCUT2D eigenvalue weighted by Gasteiger charge is 2.24. The van der Waals surface area contributed by atoms with Crippen molar-refractivity contribution in [2.24, 2.45) is 13.0 Å². The maximum atomic E-state index is 12.0. The van der Waals surface area contributed by atoms with Crippen molar-refractivity contribution in [3.8, 4) is 0 Å². The zero-order valence-corrected chi connectivity index (χ0v) is 10.1. The third-order valence-corrected chi connectivity index (χ3v) is 3.12. The number of carboxylic acids is 1. The van der Waals surface area contributed by atoms with E-state index in [1.807, 2.05) is 0 Å². The molecule has 1 aliphatic rings. The van der Waals surface area contributed by atoms with Crippen LogP contribution in [0.3, 0.4) is 0 Å². The number of piperidine rings is 1.